The standard InChI is InChI=1S/C12H19NO2S/c1-10(2)9-11(3)13-16(14,15)12-7-5-4-6-8-12/h4-8,10-11,13H,9H2,1-3H3/t11-/m0/s1. The molecule has 1 aromatic rings. The summed E-state index contributed by atoms with van der Waals surface area (Å²) in [7, 11) is -3.36. The Kier molecular flexibility index (Phi) is 4.50. The topological polar surface area (TPSA) is 46.2 Å². The van der Waals surface area contributed by atoms with Gasteiger partial charge in [0.1, 0.15) is 0 Å². The molecule has 0 amide bonds. The van der Waals surface area contributed by atoms with E-state index in [1.807, 2.05) is 6.92 Å². The van der Waals surface area contributed by atoms with Crippen molar-refractivity contribution in [2.45, 2.75) is 38.1 Å². The summed E-state index contributed by atoms with van der Waals surface area (Å²) in [5.74, 6) is 0.480. The minimum atomic E-state index is -3.36. The van der Waals surface area contributed by atoms with Gasteiger partial charge in [-0.15, -0.1) is 0 Å². The molecule has 0 saturated heterocycles. The normalized spacial score (nSPS) is 14.0. The van der Waals surface area contributed by atoms with Gasteiger partial charge in [0.15, 0.2) is 0 Å². The van der Waals surface area contributed by atoms with Gasteiger partial charge in [0.2, 0.25) is 10.0 Å². The van der Waals surface area contributed by atoms with Gasteiger partial charge >= 0.3 is 0 Å². The van der Waals surface area contributed by atoms with Crippen LogP contribution in [0, 0.1) is 5.92 Å². The first-order chi connectivity index (χ1) is 7.42. The number of rotatable bonds is 5. The van der Waals surface area contributed by atoms with E-state index in [1.165, 1.54) is 0 Å². The first-order valence-corrected chi connectivity index (χ1v) is 6.97. The highest BCUT2D eigenvalue weighted by Crippen LogP contribution is 2.11. The smallest absolute Gasteiger partial charge is 0.208 e. The van der Waals surface area contributed by atoms with Gasteiger partial charge in [-0.1, -0.05) is 32.0 Å². The molecule has 0 aromatic heterocycles. The van der Waals surface area contributed by atoms with Crippen LogP contribution in [0.25, 0.3) is 0 Å². The van der Waals surface area contributed by atoms with Gasteiger partial charge in [-0.2, -0.15) is 0 Å². The number of sulfonamides is 1. The Morgan fingerprint density at radius 1 is 1.12 bits per heavy atom. The summed E-state index contributed by atoms with van der Waals surface area (Å²) in [5, 5.41) is 0. The quantitative estimate of drug-likeness (QED) is 0.860. The van der Waals surface area contributed by atoms with Crippen LogP contribution >= 0.6 is 0 Å². The highest BCUT2D eigenvalue weighted by atomic mass is 32.2. The number of nitrogens with one attached hydrogen (secondary N) is 1. The van der Waals surface area contributed by atoms with Crippen LogP contribution in [0.4, 0.5) is 0 Å². The molecule has 3 nitrogen and oxygen atoms in total. The molecule has 16 heavy (non-hydrogen) atoms. The lowest BCUT2D eigenvalue weighted by molar-refractivity contribution is 0.482. The highest BCUT2D eigenvalue weighted by Gasteiger charge is 2.17. The molecule has 0 fully saturated rings. The van der Waals surface area contributed by atoms with Crippen LogP contribution < -0.4 is 4.72 Å². The SMILES string of the molecule is CC(C)C[C@H](C)NS(=O)(=O)c1ccccc1. The Hall–Kier alpha value is -0.870. The van der Waals surface area contributed by atoms with Crippen molar-refractivity contribution in [3.8, 4) is 0 Å². The van der Waals surface area contributed by atoms with Gasteiger partial charge in [0.05, 0.1) is 4.90 Å². The molecule has 4 heteroatoms. The number of hydrogen-bond donors (Lipinski definition) is 1. The third-order valence-electron chi connectivity index (χ3n) is 2.23. The maximum atomic E-state index is 11.9. The molecule has 0 spiro atoms. The summed E-state index contributed by atoms with van der Waals surface area (Å²) in [4.78, 5) is 0.325. The summed E-state index contributed by atoms with van der Waals surface area (Å²) < 4.78 is 26.5. The van der Waals surface area contributed by atoms with Gasteiger partial charge < -0.3 is 0 Å². The van der Waals surface area contributed by atoms with Crippen molar-refractivity contribution in [3.05, 3.63) is 30.3 Å². The molecular weight excluding hydrogens is 222 g/mol. The van der Waals surface area contributed by atoms with Crippen LogP contribution in [0.2, 0.25) is 0 Å². The fraction of sp³-hybridized carbons (Fsp3) is 0.500. The van der Waals surface area contributed by atoms with Crippen molar-refractivity contribution in [3.63, 3.8) is 0 Å². The Balaban J connectivity index is 2.73. The highest BCUT2D eigenvalue weighted by molar-refractivity contribution is 7.89. The molecule has 0 unspecified atom stereocenters. The molecule has 0 bridgehead atoms. The Bertz CT molecular complexity index is 412. The summed E-state index contributed by atoms with van der Waals surface area (Å²) in [5.41, 5.74) is 0. The van der Waals surface area contributed by atoms with Crippen LogP contribution in [-0.2, 0) is 10.0 Å². The minimum Gasteiger partial charge on any atom is -0.208 e. The molecule has 1 N–H and O–H groups in total. The largest absolute Gasteiger partial charge is 0.240 e. The van der Waals surface area contributed by atoms with E-state index in [0.29, 0.717) is 10.8 Å². The van der Waals surface area contributed by atoms with E-state index >= 15 is 0 Å². The summed E-state index contributed by atoms with van der Waals surface area (Å²) >= 11 is 0. The minimum absolute atomic E-state index is 0.0368. The lowest BCUT2D eigenvalue weighted by atomic mass is 10.1. The molecule has 0 saturated carbocycles. The van der Waals surface area contributed by atoms with Crippen molar-refractivity contribution in [1.29, 1.82) is 0 Å². The molecular formula is C12H19NO2S. The molecule has 0 aliphatic rings. The van der Waals surface area contributed by atoms with Gasteiger partial charge in [-0.05, 0) is 31.4 Å². The lowest BCUT2D eigenvalue weighted by Gasteiger charge is -2.15. The second-order valence-corrected chi connectivity index (χ2v) is 6.18. The number of benzene rings is 1. The van der Waals surface area contributed by atoms with Crippen molar-refractivity contribution in [1.82, 2.24) is 4.72 Å². The molecule has 0 heterocycles. The summed E-state index contributed by atoms with van der Waals surface area (Å²) in [6.45, 7) is 6.04. The maximum absolute atomic E-state index is 11.9. The van der Waals surface area contributed by atoms with E-state index < -0.39 is 10.0 Å². The predicted octanol–water partition coefficient (Wildman–Crippen LogP) is 2.40. The van der Waals surface area contributed by atoms with Crippen LogP contribution in [0.3, 0.4) is 0 Å². The van der Waals surface area contributed by atoms with Crippen molar-refractivity contribution >= 4 is 10.0 Å². The van der Waals surface area contributed by atoms with Gasteiger partial charge in [-0.3, -0.25) is 0 Å². The summed E-state index contributed by atoms with van der Waals surface area (Å²) in [6, 6.07) is 8.42. The Labute approximate surface area is 97.9 Å². The first-order valence-electron chi connectivity index (χ1n) is 5.49. The van der Waals surface area contributed by atoms with Crippen LogP contribution in [0.5, 0.6) is 0 Å². The monoisotopic (exact) mass is 241 g/mol. The average Bonchev–Trinajstić information content (AvgIpc) is 2.16. The van der Waals surface area contributed by atoms with E-state index in [4.69, 9.17) is 0 Å². The van der Waals surface area contributed by atoms with Crippen LogP contribution in [-0.4, -0.2) is 14.5 Å². The third-order valence-corrected chi connectivity index (χ3v) is 3.84. The predicted molar refractivity (Wildman–Crippen MR) is 65.7 cm³/mol. The Morgan fingerprint density at radius 2 is 1.69 bits per heavy atom. The number of hydrogen-bond acceptors (Lipinski definition) is 2. The van der Waals surface area contributed by atoms with Crippen molar-refractivity contribution < 1.29 is 8.42 Å². The van der Waals surface area contributed by atoms with Crippen LogP contribution in [0.15, 0.2) is 35.2 Å². The molecule has 1 atom stereocenters. The summed E-state index contributed by atoms with van der Waals surface area (Å²) in [6.07, 6.45) is 0.839. The molecule has 1 rings (SSSR count). The Morgan fingerprint density at radius 3 is 2.19 bits per heavy atom. The third kappa shape index (κ3) is 3.94. The molecule has 0 radical (unpaired) electrons. The molecule has 0 aliphatic carbocycles. The van der Waals surface area contributed by atoms with E-state index in [2.05, 4.69) is 18.6 Å². The van der Waals surface area contributed by atoms with Crippen molar-refractivity contribution in [2.75, 3.05) is 0 Å². The molecule has 0 aliphatic heterocycles. The fourth-order valence-electron chi connectivity index (χ4n) is 1.69. The van der Waals surface area contributed by atoms with E-state index in [0.717, 1.165) is 6.42 Å². The van der Waals surface area contributed by atoms with E-state index in [9.17, 15) is 8.42 Å². The van der Waals surface area contributed by atoms with Gasteiger partial charge in [-0.25, -0.2) is 13.1 Å². The second kappa shape index (κ2) is 5.46. The lowest BCUT2D eigenvalue weighted by Crippen LogP contribution is -2.33. The van der Waals surface area contributed by atoms with E-state index in [-0.39, 0.29) is 6.04 Å². The zero-order valence-corrected chi connectivity index (χ0v) is 10.8. The van der Waals surface area contributed by atoms with Gasteiger partial charge in [0, 0.05) is 6.04 Å². The van der Waals surface area contributed by atoms with Gasteiger partial charge in [0.25, 0.3) is 0 Å². The second-order valence-electron chi connectivity index (χ2n) is 4.46. The van der Waals surface area contributed by atoms with Crippen LogP contribution in [0.1, 0.15) is 27.2 Å². The maximum Gasteiger partial charge on any atom is 0.240 e. The zero-order chi connectivity index (χ0) is 12.2. The first kappa shape index (κ1) is 13.2. The fourth-order valence-corrected chi connectivity index (χ4v) is 2.97. The molecule has 90 valence electrons. The molecule has 1 aromatic carbocycles. The van der Waals surface area contributed by atoms with Crippen molar-refractivity contribution in [2.24, 2.45) is 5.92 Å². The zero-order valence-electron chi connectivity index (χ0n) is 9.97. The average molecular weight is 241 g/mol. The van der Waals surface area contributed by atoms with E-state index in [1.54, 1.807) is 30.3 Å².